The largest absolute Gasteiger partial charge is 0.392 e. The van der Waals surface area contributed by atoms with Crippen LogP contribution < -0.4 is 0 Å². The van der Waals surface area contributed by atoms with Crippen LogP contribution in [0.5, 0.6) is 0 Å². The molecule has 10 heavy (non-hydrogen) atoms. The minimum atomic E-state index is -0.0509. The van der Waals surface area contributed by atoms with Gasteiger partial charge >= 0.3 is 0 Å². The summed E-state index contributed by atoms with van der Waals surface area (Å²) in [6, 6.07) is 0. The Morgan fingerprint density at radius 1 is 1.40 bits per heavy atom. The van der Waals surface area contributed by atoms with Crippen molar-refractivity contribution in [2.45, 2.75) is 26.4 Å². The second kappa shape index (κ2) is 8.07. The molecule has 1 unspecified atom stereocenters. The van der Waals surface area contributed by atoms with Crippen molar-refractivity contribution < 1.29 is 36.2 Å². The van der Waals surface area contributed by atoms with Crippen LogP contribution >= 0.6 is 0 Å². The van der Waals surface area contributed by atoms with Crippen LogP contribution in [0.2, 0.25) is 0 Å². The minimum absolute atomic E-state index is 0. The molecule has 1 saturated heterocycles. The molecule has 0 aliphatic carbocycles. The molecule has 2 nitrogen and oxygen atoms in total. The number of aliphatic hydroxyl groups excluding tert-OH is 1. The van der Waals surface area contributed by atoms with E-state index in [4.69, 9.17) is 5.11 Å². The molecule has 1 atom stereocenters. The summed E-state index contributed by atoms with van der Waals surface area (Å²) < 4.78 is 0. The number of rotatable bonds is 0. The number of aliphatic hydroxyl groups is 1. The fourth-order valence-corrected chi connectivity index (χ4v) is 0.912. The Bertz CT molecular complexity index is 62.6. The molecule has 0 amide bonds. The quantitative estimate of drug-likeness (QED) is 0.680. The Kier molecular flexibility index (Phi) is 10.9. The van der Waals surface area contributed by atoms with E-state index < -0.39 is 0 Å². The SMILES string of the molecule is CC.CN1CCC(O)C1.[U]. The zero-order valence-corrected chi connectivity index (χ0v) is 11.3. The van der Waals surface area contributed by atoms with Crippen LogP contribution in [-0.4, -0.2) is 36.2 Å². The van der Waals surface area contributed by atoms with E-state index in [2.05, 4.69) is 4.90 Å². The molecular formula is C7H17NOU. The third kappa shape index (κ3) is 5.73. The fourth-order valence-electron chi connectivity index (χ4n) is 0.912. The maximum absolute atomic E-state index is 8.86. The normalized spacial score (nSPS) is 24.6. The standard InChI is InChI=1S/C5H11NO.C2H6.U/c1-6-3-2-5(7)4-6;1-2;/h5,7H,2-4H2,1H3;1-2H3;. The van der Waals surface area contributed by atoms with Crippen LogP contribution in [0.25, 0.3) is 0 Å². The molecule has 3 heteroatoms. The smallest absolute Gasteiger partial charge is 0.0679 e. The van der Waals surface area contributed by atoms with Crippen LogP contribution in [0.3, 0.4) is 0 Å². The number of likely N-dealkylation sites (tertiary alicyclic amines) is 1. The molecule has 1 aliphatic rings. The molecule has 0 radical (unpaired) electrons. The van der Waals surface area contributed by atoms with Gasteiger partial charge in [0, 0.05) is 44.2 Å². The van der Waals surface area contributed by atoms with Gasteiger partial charge in [0.25, 0.3) is 0 Å². The molecule has 0 aromatic heterocycles. The van der Waals surface area contributed by atoms with E-state index in [1.165, 1.54) is 0 Å². The van der Waals surface area contributed by atoms with Gasteiger partial charge in [-0.2, -0.15) is 0 Å². The van der Waals surface area contributed by atoms with E-state index in [0.717, 1.165) is 19.5 Å². The second-order valence-corrected chi connectivity index (χ2v) is 2.20. The maximum Gasteiger partial charge on any atom is 0.0679 e. The van der Waals surface area contributed by atoms with Crippen LogP contribution in [0.4, 0.5) is 0 Å². The summed E-state index contributed by atoms with van der Waals surface area (Å²) >= 11 is 0. The van der Waals surface area contributed by atoms with Crippen molar-refractivity contribution in [1.82, 2.24) is 4.90 Å². The number of hydrogen-bond donors (Lipinski definition) is 1. The molecule has 1 N–H and O–H groups in total. The second-order valence-electron chi connectivity index (χ2n) is 2.20. The Morgan fingerprint density at radius 2 is 1.90 bits per heavy atom. The third-order valence-corrected chi connectivity index (χ3v) is 1.37. The Labute approximate surface area is 87.4 Å². The van der Waals surface area contributed by atoms with Crippen molar-refractivity contribution in [3.05, 3.63) is 0 Å². The molecule has 1 rings (SSSR count). The summed E-state index contributed by atoms with van der Waals surface area (Å²) in [5.74, 6) is 0. The number of likely N-dealkylation sites (N-methyl/N-ethyl adjacent to an activating group) is 1. The number of β-amino-alcohol motifs (C(OH)–C–C–N with tert-alkyl or cyclic N) is 1. The topological polar surface area (TPSA) is 23.5 Å². The van der Waals surface area contributed by atoms with Crippen molar-refractivity contribution in [1.29, 1.82) is 0 Å². The van der Waals surface area contributed by atoms with E-state index in [1.807, 2.05) is 20.9 Å². The molecule has 0 spiro atoms. The molecule has 0 bridgehead atoms. The van der Waals surface area contributed by atoms with Crippen LogP contribution in [0.15, 0.2) is 0 Å². The van der Waals surface area contributed by atoms with Gasteiger partial charge in [-0.3, -0.25) is 0 Å². The van der Waals surface area contributed by atoms with Crippen LogP contribution in [0, 0.1) is 31.1 Å². The van der Waals surface area contributed by atoms with E-state index in [9.17, 15) is 0 Å². The molecule has 60 valence electrons. The fraction of sp³-hybridized carbons (Fsp3) is 1.00. The molecular weight excluding hydrogens is 352 g/mol. The summed E-state index contributed by atoms with van der Waals surface area (Å²) in [6.07, 6.45) is 0.904. The average Bonchev–Trinajstić information content (AvgIpc) is 2.20. The van der Waals surface area contributed by atoms with Gasteiger partial charge in [0.1, 0.15) is 0 Å². The Morgan fingerprint density at radius 3 is 2.00 bits per heavy atom. The molecule has 1 fully saturated rings. The van der Waals surface area contributed by atoms with Gasteiger partial charge < -0.3 is 10.0 Å². The van der Waals surface area contributed by atoms with Gasteiger partial charge in [-0.15, -0.1) is 0 Å². The van der Waals surface area contributed by atoms with E-state index in [0.29, 0.717) is 0 Å². The molecule has 1 heterocycles. The van der Waals surface area contributed by atoms with Crippen molar-refractivity contribution >= 4 is 0 Å². The molecule has 1 aliphatic heterocycles. The van der Waals surface area contributed by atoms with Gasteiger partial charge in [0.2, 0.25) is 0 Å². The number of nitrogens with zero attached hydrogens (tertiary/aromatic N) is 1. The Balaban J connectivity index is 0. The van der Waals surface area contributed by atoms with Crippen molar-refractivity contribution in [2.24, 2.45) is 0 Å². The first kappa shape index (κ1) is 13.6. The monoisotopic (exact) mass is 369 g/mol. The van der Waals surface area contributed by atoms with Crippen molar-refractivity contribution in [3.8, 4) is 0 Å². The number of hydrogen-bond acceptors (Lipinski definition) is 2. The Hall–Kier alpha value is 0.972. The summed E-state index contributed by atoms with van der Waals surface area (Å²) in [4.78, 5) is 2.13. The minimum Gasteiger partial charge on any atom is -0.392 e. The van der Waals surface area contributed by atoms with Crippen LogP contribution in [-0.2, 0) is 0 Å². The molecule has 0 saturated carbocycles. The third-order valence-electron chi connectivity index (χ3n) is 1.37. The van der Waals surface area contributed by atoms with E-state index in [-0.39, 0.29) is 37.2 Å². The summed E-state index contributed by atoms with van der Waals surface area (Å²) in [7, 11) is 2.02. The molecule has 0 aromatic carbocycles. The first-order valence-corrected chi connectivity index (χ1v) is 3.65. The molecule has 0 aromatic rings. The summed E-state index contributed by atoms with van der Waals surface area (Å²) in [6.45, 7) is 5.92. The van der Waals surface area contributed by atoms with Gasteiger partial charge in [-0.05, 0) is 13.5 Å². The van der Waals surface area contributed by atoms with E-state index in [1.54, 1.807) is 0 Å². The predicted molar refractivity (Wildman–Crippen MR) is 39.5 cm³/mol. The maximum atomic E-state index is 8.86. The predicted octanol–water partition coefficient (Wildman–Crippen LogP) is 0.709. The van der Waals surface area contributed by atoms with Gasteiger partial charge in [-0.25, -0.2) is 0 Å². The van der Waals surface area contributed by atoms with Crippen molar-refractivity contribution in [2.75, 3.05) is 20.1 Å². The zero-order valence-electron chi connectivity index (χ0n) is 7.09. The van der Waals surface area contributed by atoms with Crippen molar-refractivity contribution in [3.63, 3.8) is 0 Å². The summed E-state index contributed by atoms with van der Waals surface area (Å²) in [5.41, 5.74) is 0. The zero-order chi connectivity index (χ0) is 7.28. The van der Waals surface area contributed by atoms with Gasteiger partial charge in [-0.1, -0.05) is 13.8 Å². The first-order valence-electron chi connectivity index (χ1n) is 3.65. The van der Waals surface area contributed by atoms with Crippen LogP contribution in [0.1, 0.15) is 20.3 Å². The summed E-state index contributed by atoms with van der Waals surface area (Å²) in [5, 5.41) is 8.86. The van der Waals surface area contributed by atoms with Gasteiger partial charge in [0.15, 0.2) is 0 Å². The van der Waals surface area contributed by atoms with Gasteiger partial charge in [0.05, 0.1) is 6.10 Å². The van der Waals surface area contributed by atoms with E-state index >= 15 is 0 Å². The average molecular weight is 369 g/mol. The first-order chi connectivity index (χ1) is 4.29.